The minimum absolute atomic E-state index is 0.0626. The van der Waals surface area contributed by atoms with Gasteiger partial charge in [0.2, 0.25) is 5.91 Å². The number of anilines is 1. The molecule has 4 rings (SSSR count). The Kier molecular flexibility index (Phi) is 4.53. The highest BCUT2D eigenvalue weighted by atomic mass is 35.5. The molecular weight excluding hydrogens is 352 g/mol. The van der Waals surface area contributed by atoms with E-state index in [0.29, 0.717) is 29.6 Å². The molecule has 3 aromatic rings. The molecule has 1 amide bonds. The molecule has 0 saturated carbocycles. The second kappa shape index (κ2) is 7.13. The van der Waals surface area contributed by atoms with Gasteiger partial charge in [0.15, 0.2) is 5.82 Å². The summed E-state index contributed by atoms with van der Waals surface area (Å²) in [6.07, 6.45) is 9.64. The molecule has 1 aliphatic rings. The lowest BCUT2D eigenvalue weighted by Crippen LogP contribution is -2.28. The molecule has 1 unspecified atom stereocenters. The molecule has 0 radical (unpaired) electrons. The van der Waals surface area contributed by atoms with Crippen LogP contribution in [-0.4, -0.2) is 37.6 Å². The summed E-state index contributed by atoms with van der Waals surface area (Å²) < 4.78 is 0. The van der Waals surface area contributed by atoms with Crippen LogP contribution >= 0.6 is 11.6 Å². The van der Waals surface area contributed by atoms with Crippen molar-refractivity contribution < 1.29 is 4.79 Å². The molecule has 0 aromatic carbocycles. The number of amides is 1. The second-order valence-corrected chi connectivity index (χ2v) is 6.45. The van der Waals surface area contributed by atoms with Gasteiger partial charge >= 0.3 is 0 Å². The minimum atomic E-state index is -0.0798. The Hall–Kier alpha value is -2.93. The number of aromatic nitrogens is 5. The fourth-order valence-electron chi connectivity index (χ4n) is 3.02. The lowest BCUT2D eigenvalue weighted by atomic mass is 9.99. The number of carbonyl (C=O) groups is 1. The first kappa shape index (κ1) is 16.5. The summed E-state index contributed by atoms with van der Waals surface area (Å²) in [7, 11) is 0. The number of nitrogens with zero attached hydrogens (tertiary/aromatic N) is 6. The Labute approximate surface area is 155 Å². The Morgan fingerprint density at radius 1 is 1.04 bits per heavy atom. The van der Waals surface area contributed by atoms with Crippen LogP contribution in [0.3, 0.4) is 0 Å². The van der Waals surface area contributed by atoms with Crippen molar-refractivity contribution in [2.45, 2.75) is 12.8 Å². The first-order valence-corrected chi connectivity index (χ1v) is 8.59. The fourth-order valence-corrected chi connectivity index (χ4v) is 3.13. The zero-order valence-electron chi connectivity index (χ0n) is 13.8. The average Bonchev–Trinajstić information content (AvgIpc) is 3.05. The van der Waals surface area contributed by atoms with Crippen LogP contribution in [0.4, 0.5) is 5.82 Å². The number of halogens is 1. The summed E-state index contributed by atoms with van der Waals surface area (Å²) in [4.78, 5) is 27.3. The van der Waals surface area contributed by atoms with Crippen LogP contribution in [0, 0.1) is 5.92 Å². The number of rotatable bonds is 4. The van der Waals surface area contributed by atoms with Crippen LogP contribution in [0.5, 0.6) is 0 Å². The number of pyridine rings is 1. The van der Waals surface area contributed by atoms with Crippen LogP contribution in [0.15, 0.2) is 49.2 Å². The maximum atomic E-state index is 12.7. The van der Waals surface area contributed by atoms with Gasteiger partial charge in [-0.2, -0.15) is 10.2 Å². The van der Waals surface area contributed by atoms with Gasteiger partial charge in [-0.25, -0.2) is 9.97 Å². The molecule has 26 heavy (non-hydrogen) atoms. The second-order valence-electron chi connectivity index (χ2n) is 6.06. The highest BCUT2D eigenvalue weighted by Gasteiger charge is 2.33. The largest absolute Gasteiger partial charge is 0.295 e. The van der Waals surface area contributed by atoms with Crippen molar-refractivity contribution in [2.75, 3.05) is 11.4 Å². The smallest absolute Gasteiger partial charge is 0.231 e. The molecule has 7 nitrogen and oxygen atoms in total. The molecule has 0 bridgehead atoms. The van der Waals surface area contributed by atoms with E-state index in [9.17, 15) is 4.79 Å². The summed E-state index contributed by atoms with van der Waals surface area (Å²) in [5, 5.41) is 8.03. The molecule has 1 fully saturated rings. The van der Waals surface area contributed by atoms with E-state index < -0.39 is 0 Å². The van der Waals surface area contributed by atoms with Crippen molar-refractivity contribution in [3.63, 3.8) is 0 Å². The average molecular weight is 367 g/mol. The van der Waals surface area contributed by atoms with Gasteiger partial charge in [-0.15, -0.1) is 0 Å². The van der Waals surface area contributed by atoms with Gasteiger partial charge in [0.25, 0.3) is 0 Å². The van der Waals surface area contributed by atoms with Crippen LogP contribution in [0.1, 0.15) is 12.0 Å². The van der Waals surface area contributed by atoms with E-state index in [1.807, 2.05) is 12.1 Å². The van der Waals surface area contributed by atoms with Gasteiger partial charge < -0.3 is 0 Å². The molecule has 1 atom stereocenters. The molecule has 1 saturated heterocycles. The van der Waals surface area contributed by atoms with Crippen molar-refractivity contribution in [1.29, 1.82) is 0 Å². The van der Waals surface area contributed by atoms with Crippen LogP contribution in [0.25, 0.3) is 11.3 Å². The molecule has 0 aliphatic carbocycles. The molecule has 130 valence electrons. The molecule has 0 spiro atoms. The Morgan fingerprint density at radius 3 is 2.65 bits per heavy atom. The Morgan fingerprint density at radius 2 is 1.96 bits per heavy atom. The van der Waals surface area contributed by atoms with Crippen molar-refractivity contribution in [3.8, 4) is 11.3 Å². The molecule has 4 heterocycles. The number of carbonyl (C=O) groups excluding carboxylic acids is 1. The summed E-state index contributed by atoms with van der Waals surface area (Å²) in [6.45, 7) is 0.634. The highest BCUT2D eigenvalue weighted by molar-refractivity contribution is 6.29. The van der Waals surface area contributed by atoms with Crippen molar-refractivity contribution in [3.05, 3.63) is 59.9 Å². The fraction of sp³-hybridized carbons (Fsp3) is 0.222. The first-order valence-electron chi connectivity index (χ1n) is 8.21. The molecular formula is C18H15ClN6O. The summed E-state index contributed by atoms with van der Waals surface area (Å²) >= 11 is 5.81. The predicted octanol–water partition coefficient (Wildman–Crippen LogP) is 2.58. The minimum Gasteiger partial charge on any atom is -0.295 e. The van der Waals surface area contributed by atoms with Crippen molar-refractivity contribution >= 4 is 23.3 Å². The monoisotopic (exact) mass is 366 g/mol. The SMILES string of the molecule is O=C1C(Cc2ccc(Cl)nc2)CCN1c1cnc(-c2ccnnc2)cn1. The van der Waals surface area contributed by atoms with E-state index in [-0.39, 0.29) is 11.8 Å². The van der Waals surface area contributed by atoms with E-state index in [4.69, 9.17) is 11.6 Å². The van der Waals surface area contributed by atoms with E-state index in [2.05, 4.69) is 25.1 Å². The number of hydrogen-bond acceptors (Lipinski definition) is 6. The maximum Gasteiger partial charge on any atom is 0.231 e. The van der Waals surface area contributed by atoms with Crippen molar-refractivity contribution in [2.24, 2.45) is 5.92 Å². The summed E-state index contributed by atoms with van der Waals surface area (Å²) in [5.74, 6) is 0.550. The Balaban J connectivity index is 1.47. The van der Waals surface area contributed by atoms with E-state index in [1.165, 1.54) is 0 Å². The third kappa shape index (κ3) is 3.39. The van der Waals surface area contributed by atoms with Crippen LogP contribution < -0.4 is 4.90 Å². The Bertz CT molecular complexity index is 901. The quantitative estimate of drug-likeness (QED) is 0.660. The van der Waals surface area contributed by atoms with Gasteiger partial charge in [-0.3, -0.25) is 14.7 Å². The van der Waals surface area contributed by atoms with Gasteiger partial charge in [0.1, 0.15) is 5.15 Å². The number of hydrogen-bond donors (Lipinski definition) is 0. The third-order valence-corrected chi connectivity index (χ3v) is 4.61. The third-order valence-electron chi connectivity index (χ3n) is 4.38. The molecule has 8 heteroatoms. The van der Waals surface area contributed by atoms with Crippen molar-refractivity contribution in [1.82, 2.24) is 25.1 Å². The zero-order valence-corrected chi connectivity index (χ0v) is 14.5. The highest BCUT2D eigenvalue weighted by Crippen LogP contribution is 2.27. The van der Waals surface area contributed by atoms with Gasteiger partial charge in [0, 0.05) is 24.2 Å². The van der Waals surface area contributed by atoms with E-state index in [1.54, 1.807) is 42.0 Å². The summed E-state index contributed by atoms with van der Waals surface area (Å²) in [5.41, 5.74) is 2.53. The topological polar surface area (TPSA) is 84.8 Å². The van der Waals surface area contributed by atoms with E-state index in [0.717, 1.165) is 17.5 Å². The summed E-state index contributed by atoms with van der Waals surface area (Å²) in [6, 6.07) is 5.46. The van der Waals surface area contributed by atoms with Gasteiger partial charge in [0.05, 0.1) is 30.5 Å². The standard InChI is InChI=1S/C18H15ClN6O/c19-16-2-1-12(8-21-16)7-13-4-6-25(18(13)26)17-11-20-15(10-22-17)14-3-5-23-24-9-14/h1-3,5,8-11,13H,4,6-7H2. The molecule has 0 N–H and O–H groups in total. The van der Waals surface area contributed by atoms with E-state index >= 15 is 0 Å². The van der Waals surface area contributed by atoms with Crippen LogP contribution in [0.2, 0.25) is 5.15 Å². The zero-order chi connectivity index (χ0) is 17.9. The maximum absolute atomic E-state index is 12.7. The van der Waals surface area contributed by atoms with Crippen LogP contribution in [-0.2, 0) is 11.2 Å². The molecule has 3 aromatic heterocycles. The van der Waals surface area contributed by atoms with Gasteiger partial charge in [-0.1, -0.05) is 17.7 Å². The first-order chi connectivity index (χ1) is 12.7. The normalized spacial score (nSPS) is 16.9. The lowest BCUT2D eigenvalue weighted by molar-refractivity contribution is -0.120. The predicted molar refractivity (Wildman–Crippen MR) is 96.5 cm³/mol. The van der Waals surface area contributed by atoms with Gasteiger partial charge in [-0.05, 0) is 30.5 Å². The molecule has 1 aliphatic heterocycles. The lowest BCUT2D eigenvalue weighted by Gasteiger charge is -2.15.